The molecule has 0 aliphatic carbocycles. The smallest absolute Gasteiger partial charge is 0.264 e. The van der Waals surface area contributed by atoms with Crippen LogP contribution in [0.1, 0.15) is 36.5 Å². The monoisotopic (exact) mass is 665 g/mol. The number of carbonyl (C=O) groups is 2. The first kappa shape index (κ1) is 34.0. The van der Waals surface area contributed by atoms with Gasteiger partial charge in [-0.05, 0) is 73.0 Å². The summed E-state index contributed by atoms with van der Waals surface area (Å²) in [5.74, 6) is -0.851. The van der Waals surface area contributed by atoms with Gasteiger partial charge < -0.3 is 10.2 Å². The normalized spacial score (nSPS) is 11.9. The number of halogens is 2. The fourth-order valence-electron chi connectivity index (χ4n) is 4.82. The van der Waals surface area contributed by atoms with Crippen molar-refractivity contribution < 1.29 is 18.0 Å². The second-order valence-electron chi connectivity index (χ2n) is 10.8. The van der Waals surface area contributed by atoms with E-state index < -0.39 is 28.5 Å². The number of unbranched alkanes of at least 4 members (excludes halogenated alkanes) is 1. The Morgan fingerprint density at radius 2 is 1.40 bits per heavy atom. The summed E-state index contributed by atoms with van der Waals surface area (Å²) in [4.78, 5) is 29.7. The van der Waals surface area contributed by atoms with E-state index in [2.05, 4.69) is 5.32 Å². The van der Waals surface area contributed by atoms with Gasteiger partial charge in [-0.1, -0.05) is 96.7 Å². The molecule has 45 heavy (non-hydrogen) atoms. The van der Waals surface area contributed by atoms with E-state index in [4.69, 9.17) is 23.2 Å². The van der Waals surface area contributed by atoms with E-state index in [0.717, 1.165) is 33.8 Å². The molecule has 0 unspecified atom stereocenters. The molecule has 0 radical (unpaired) electrons. The molecule has 4 rings (SSSR count). The molecule has 2 amide bonds. The van der Waals surface area contributed by atoms with Crippen LogP contribution < -0.4 is 9.62 Å². The van der Waals surface area contributed by atoms with Crippen molar-refractivity contribution in [3.63, 3.8) is 0 Å². The van der Waals surface area contributed by atoms with E-state index in [1.807, 2.05) is 44.2 Å². The second-order valence-corrected chi connectivity index (χ2v) is 13.5. The Labute approximate surface area is 275 Å². The number of nitrogens with one attached hydrogen (secondary N) is 1. The minimum atomic E-state index is -4.19. The molecule has 0 saturated carbocycles. The highest BCUT2D eigenvalue weighted by Crippen LogP contribution is 2.27. The number of sulfonamides is 1. The van der Waals surface area contributed by atoms with Crippen LogP contribution in [0.15, 0.2) is 108 Å². The van der Waals surface area contributed by atoms with E-state index in [-0.39, 0.29) is 29.5 Å². The average molecular weight is 667 g/mol. The fourth-order valence-corrected chi connectivity index (χ4v) is 6.49. The molecule has 0 aliphatic heterocycles. The molecule has 0 fully saturated rings. The van der Waals surface area contributed by atoms with Gasteiger partial charge in [0.25, 0.3) is 10.0 Å². The molecule has 0 spiro atoms. The predicted molar refractivity (Wildman–Crippen MR) is 181 cm³/mol. The van der Waals surface area contributed by atoms with Crippen LogP contribution in [0, 0.1) is 6.92 Å². The average Bonchev–Trinajstić information content (AvgIpc) is 3.03. The molecule has 10 heteroatoms. The molecule has 236 valence electrons. The molecule has 0 saturated heterocycles. The third kappa shape index (κ3) is 9.33. The molecule has 0 bridgehead atoms. The van der Waals surface area contributed by atoms with Crippen molar-refractivity contribution in [1.82, 2.24) is 10.2 Å². The standard InChI is InChI=1S/C35H37Cl2N3O4S/c1-3-4-22-38-35(42)33(23-27-8-6-5-7-9-27)39(24-28-12-14-29(36)15-13-28)34(41)25-40(31-18-16-30(37)17-19-31)45(43,44)32-20-10-26(2)11-21-32/h5-21,33H,3-4,22-25H2,1-2H3,(H,38,42)/t33-/m0/s1. The molecule has 4 aromatic carbocycles. The number of nitrogens with zero attached hydrogens (tertiary/aromatic N) is 2. The molecule has 0 aliphatic rings. The van der Waals surface area contributed by atoms with Crippen molar-refractivity contribution in [2.45, 2.75) is 50.6 Å². The maximum atomic E-state index is 14.5. The van der Waals surface area contributed by atoms with Crippen LogP contribution in [0.2, 0.25) is 10.0 Å². The van der Waals surface area contributed by atoms with Gasteiger partial charge in [0.1, 0.15) is 12.6 Å². The Bertz CT molecular complexity index is 1670. The largest absolute Gasteiger partial charge is 0.354 e. The van der Waals surface area contributed by atoms with Gasteiger partial charge in [0, 0.05) is 29.6 Å². The lowest BCUT2D eigenvalue weighted by Crippen LogP contribution is -2.53. The first-order valence-electron chi connectivity index (χ1n) is 14.8. The second kappa shape index (κ2) is 15.9. The maximum Gasteiger partial charge on any atom is 0.264 e. The Balaban J connectivity index is 1.78. The Hall–Kier alpha value is -3.85. The Kier molecular flexibility index (Phi) is 12.0. The zero-order valence-corrected chi connectivity index (χ0v) is 27.7. The highest BCUT2D eigenvalue weighted by atomic mass is 35.5. The minimum absolute atomic E-state index is 0.0400. The zero-order valence-electron chi connectivity index (χ0n) is 25.3. The SMILES string of the molecule is CCCCNC(=O)[C@H](Cc1ccccc1)N(Cc1ccc(Cl)cc1)C(=O)CN(c1ccc(Cl)cc1)S(=O)(=O)c1ccc(C)cc1. The zero-order chi connectivity index (χ0) is 32.4. The number of hydrogen-bond donors (Lipinski definition) is 1. The topological polar surface area (TPSA) is 86.8 Å². The third-order valence-corrected chi connectivity index (χ3v) is 9.66. The molecule has 7 nitrogen and oxygen atoms in total. The van der Waals surface area contributed by atoms with Crippen molar-refractivity contribution >= 4 is 50.7 Å². The molecular formula is C35H37Cl2N3O4S. The van der Waals surface area contributed by atoms with Gasteiger partial charge >= 0.3 is 0 Å². The van der Waals surface area contributed by atoms with E-state index in [1.54, 1.807) is 60.7 Å². The summed E-state index contributed by atoms with van der Waals surface area (Å²) in [5.41, 5.74) is 2.78. The van der Waals surface area contributed by atoms with E-state index >= 15 is 0 Å². The quantitative estimate of drug-likeness (QED) is 0.146. The molecule has 4 aromatic rings. The number of amides is 2. The summed E-state index contributed by atoms with van der Waals surface area (Å²) in [6.45, 7) is 3.88. The summed E-state index contributed by atoms with van der Waals surface area (Å²) in [6.07, 6.45) is 1.92. The van der Waals surface area contributed by atoms with Gasteiger partial charge in [-0.25, -0.2) is 8.42 Å². The molecular weight excluding hydrogens is 629 g/mol. The summed E-state index contributed by atoms with van der Waals surface area (Å²) >= 11 is 12.3. The van der Waals surface area contributed by atoms with Gasteiger partial charge in [-0.3, -0.25) is 13.9 Å². The maximum absolute atomic E-state index is 14.5. The number of carbonyl (C=O) groups excluding carboxylic acids is 2. The lowest BCUT2D eigenvalue weighted by Gasteiger charge is -2.34. The van der Waals surface area contributed by atoms with Crippen molar-refractivity contribution in [2.24, 2.45) is 0 Å². The van der Waals surface area contributed by atoms with Crippen LogP contribution in [0.3, 0.4) is 0 Å². The van der Waals surface area contributed by atoms with Crippen LogP contribution in [0.5, 0.6) is 0 Å². The summed E-state index contributed by atoms with van der Waals surface area (Å²) < 4.78 is 29.2. The molecule has 1 atom stereocenters. The Morgan fingerprint density at radius 1 is 0.800 bits per heavy atom. The number of rotatable bonds is 14. The van der Waals surface area contributed by atoms with Crippen molar-refractivity contribution in [1.29, 1.82) is 0 Å². The highest BCUT2D eigenvalue weighted by molar-refractivity contribution is 7.92. The van der Waals surface area contributed by atoms with Gasteiger partial charge in [-0.15, -0.1) is 0 Å². The van der Waals surface area contributed by atoms with Crippen LogP contribution in [0.25, 0.3) is 0 Å². The lowest BCUT2D eigenvalue weighted by atomic mass is 10.0. The number of benzene rings is 4. The summed E-state index contributed by atoms with van der Waals surface area (Å²) in [5, 5.41) is 3.95. The fraction of sp³-hybridized carbons (Fsp3) is 0.257. The first-order valence-corrected chi connectivity index (χ1v) is 17.0. The minimum Gasteiger partial charge on any atom is -0.354 e. The van der Waals surface area contributed by atoms with Gasteiger partial charge in [0.15, 0.2) is 0 Å². The van der Waals surface area contributed by atoms with Crippen molar-refractivity contribution in [3.8, 4) is 0 Å². The predicted octanol–water partition coefficient (Wildman–Crippen LogP) is 7.05. The van der Waals surface area contributed by atoms with E-state index in [9.17, 15) is 18.0 Å². The van der Waals surface area contributed by atoms with Crippen LogP contribution in [-0.2, 0) is 32.6 Å². The van der Waals surface area contributed by atoms with E-state index in [0.29, 0.717) is 16.6 Å². The van der Waals surface area contributed by atoms with Gasteiger partial charge in [0.2, 0.25) is 11.8 Å². The number of anilines is 1. The van der Waals surface area contributed by atoms with Crippen LogP contribution in [0.4, 0.5) is 5.69 Å². The van der Waals surface area contributed by atoms with Crippen LogP contribution >= 0.6 is 23.2 Å². The van der Waals surface area contributed by atoms with Crippen molar-refractivity contribution in [3.05, 3.63) is 130 Å². The van der Waals surface area contributed by atoms with Gasteiger partial charge in [-0.2, -0.15) is 0 Å². The summed E-state index contributed by atoms with van der Waals surface area (Å²) in [6, 6.07) is 28.3. The van der Waals surface area contributed by atoms with Crippen LogP contribution in [-0.4, -0.2) is 44.3 Å². The van der Waals surface area contributed by atoms with Crippen molar-refractivity contribution in [2.75, 3.05) is 17.4 Å². The highest BCUT2D eigenvalue weighted by Gasteiger charge is 2.34. The molecule has 0 heterocycles. The molecule has 0 aromatic heterocycles. The first-order chi connectivity index (χ1) is 21.6. The number of aryl methyl sites for hydroxylation is 1. The lowest BCUT2D eigenvalue weighted by molar-refractivity contribution is -0.140. The van der Waals surface area contributed by atoms with Gasteiger partial charge in [0.05, 0.1) is 10.6 Å². The summed E-state index contributed by atoms with van der Waals surface area (Å²) in [7, 11) is -4.19. The Morgan fingerprint density at radius 3 is 2.00 bits per heavy atom. The third-order valence-electron chi connectivity index (χ3n) is 7.37. The van der Waals surface area contributed by atoms with E-state index in [1.165, 1.54) is 17.0 Å². The molecule has 1 N–H and O–H groups in total. The number of hydrogen-bond acceptors (Lipinski definition) is 4.